The van der Waals surface area contributed by atoms with Gasteiger partial charge in [-0.15, -0.1) is 0 Å². The van der Waals surface area contributed by atoms with Crippen molar-refractivity contribution in [2.24, 2.45) is 33.2 Å². The van der Waals surface area contributed by atoms with Crippen LogP contribution in [-0.2, 0) is 28.2 Å². The maximum Gasteiger partial charge on any atom is 0.266 e. The average Bonchev–Trinajstić information content (AvgIpc) is 2.94. The Bertz CT molecular complexity index is 1470. The van der Waals surface area contributed by atoms with Gasteiger partial charge >= 0.3 is 0 Å². The molecule has 0 aliphatic carbocycles. The van der Waals surface area contributed by atoms with E-state index in [0.29, 0.717) is 0 Å². The highest BCUT2D eigenvalue weighted by Gasteiger charge is 1.90. The molecule has 5 heterocycles. The highest BCUT2D eigenvalue weighted by atomic mass is 16.1. The molecule has 4 aromatic heterocycles. The first-order chi connectivity index (χ1) is 19.0. The van der Waals surface area contributed by atoms with Crippen LogP contribution in [0.3, 0.4) is 0 Å². The monoisotopic (exact) mass is 547 g/mol. The first-order valence-corrected chi connectivity index (χ1v) is 11.7. The van der Waals surface area contributed by atoms with Gasteiger partial charge in [0, 0.05) is 103 Å². The molecule has 0 unspecified atom stereocenters. The second kappa shape index (κ2) is 17.9. The number of aryl methyl sites for hydroxylation is 4. The number of aliphatic imine (C=N–C) groups is 1. The van der Waals surface area contributed by atoms with Gasteiger partial charge in [-0.3, -0.25) is 23.9 Å². The largest absolute Gasteiger partial charge is 0.357 e. The minimum absolute atomic E-state index is 0.0278. The van der Waals surface area contributed by atoms with Gasteiger partial charge in [0.25, 0.3) is 11.1 Å². The van der Waals surface area contributed by atoms with Gasteiger partial charge in [-0.1, -0.05) is 6.58 Å². The van der Waals surface area contributed by atoms with Gasteiger partial charge in [0.2, 0.25) is 0 Å². The fourth-order valence-corrected chi connectivity index (χ4v) is 2.20. The Kier molecular flexibility index (Phi) is 14.6. The van der Waals surface area contributed by atoms with E-state index >= 15 is 0 Å². The lowest BCUT2D eigenvalue weighted by Gasteiger charge is -2.08. The standard InChI is InChI=1S/C6H8N2.C6H7NO.3C5H6N2O/c1-6-3-4-8(2)5-7-6;1-7-4-2-6(8)3-5-7;1-7-4-6-3-2-5(7)8;1-7-3-2-5(8)4-6-7;1-7-5(8)3-2-4-6-7/h3-5H,1H2,2H3;2-5H,1H3;3*2-4H,1H3. The van der Waals surface area contributed by atoms with Gasteiger partial charge in [0.05, 0.1) is 24.6 Å². The summed E-state index contributed by atoms with van der Waals surface area (Å²) in [6.45, 7) is 3.64. The summed E-state index contributed by atoms with van der Waals surface area (Å²) in [4.78, 5) is 51.3. The summed E-state index contributed by atoms with van der Waals surface area (Å²) in [6, 6.07) is 9.02. The van der Waals surface area contributed by atoms with Crippen molar-refractivity contribution < 1.29 is 0 Å². The van der Waals surface area contributed by atoms with Crippen molar-refractivity contribution in [1.29, 1.82) is 0 Å². The van der Waals surface area contributed by atoms with Gasteiger partial charge in [-0.05, 0) is 12.1 Å². The van der Waals surface area contributed by atoms with E-state index in [1.165, 1.54) is 58.3 Å². The smallest absolute Gasteiger partial charge is 0.266 e. The molecule has 0 N–H and O–H groups in total. The summed E-state index contributed by atoms with van der Waals surface area (Å²) in [5.74, 6) is 0. The van der Waals surface area contributed by atoms with Gasteiger partial charge in [0.15, 0.2) is 10.9 Å². The van der Waals surface area contributed by atoms with Crippen LogP contribution < -0.4 is 22.0 Å². The Labute approximate surface area is 231 Å². The Morgan fingerprint density at radius 1 is 0.750 bits per heavy atom. The van der Waals surface area contributed by atoms with Crippen molar-refractivity contribution in [3.8, 4) is 0 Å². The third-order valence-electron chi connectivity index (χ3n) is 4.45. The van der Waals surface area contributed by atoms with E-state index in [-0.39, 0.29) is 22.0 Å². The van der Waals surface area contributed by atoms with Crippen LogP contribution in [0.25, 0.3) is 0 Å². The summed E-state index contributed by atoms with van der Waals surface area (Å²) in [5.41, 5.74) is 0.710. The molecular formula is C27H33N9O4. The molecule has 0 atom stereocenters. The zero-order valence-corrected chi connectivity index (χ0v) is 23.1. The maximum absolute atomic E-state index is 10.5. The summed E-state index contributed by atoms with van der Waals surface area (Å²) >= 11 is 0. The van der Waals surface area contributed by atoms with Crippen LogP contribution in [0.2, 0.25) is 0 Å². The second-order valence-corrected chi connectivity index (χ2v) is 7.97. The Morgan fingerprint density at radius 3 is 1.80 bits per heavy atom. The molecule has 0 bridgehead atoms. The molecule has 0 saturated carbocycles. The van der Waals surface area contributed by atoms with Crippen LogP contribution in [0.1, 0.15) is 0 Å². The predicted molar refractivity (Wildman–Crippen MR) is 155 cm³/mol. The van der Waals surface area contributed by atoms with E-state index in [4.69, 9.17) is 0 Å². The number of hydrogen-bond donors (Lipinski definition) is 0. The Hall–Kier alpha value is -5.46. The molecule has 0 fully saturated rings. The molecule has 0 saturated heterocycles. The van der Waals surface area contributed by atoms with Crippen LogP contribution in [-0.4, -0.2) is 52.0 Å². The first-order valence-electron chi connectivity index (χ1n) is 11.7. The van der Waals surface area contributed by atoms with E-state index in [0.717, 1.165) is 5.70 Å². The molecule has 5 rings (SSSR count). The summed E-state index contributed by atoms with van der Waals surface area (Å²) in [6.07, 6.45) is 16.4. The molecule has 13 nitrogen and oxygen atoms in total. The number of hydrogen-bond acceptors (Lipinski definition) is 9. The quantitative estimate of drug-likeness (QED) is 0.313. The van der Waals surface area contributed by atoms with Gasteiger partial charge in [-0.25, -0.2) is 14.7 Å². The molecule has 210 valence electrons. The average molecular weight is 548 g/mol. The SMILES string of the molecule is C=C1C=CN(C)C=N1.Cn1ccc(=O)cc1.Cn1ccc(=O)cn1.Cn1cnccc1=O.Cn1ncccc1=O. The van der Waals surface area contributed by atoms with E-state index in [1.54, 1.807) is 63.0 Å². The van der Waals surface area contributed by atoms with E-state index < -0.39 is 0 Å². The molecule has 0 spiro atoms. The predicted octanol–water partition coefficient (Wildman–Crippen LogP) is 0.714. The number of pyridine rings is 1. The van der Waals surface area contributed by atoms with Crippen LogP contribution in [0.15, 0.2) is 129 Å². The van der Waals surface area contributed by atoms with Crippen LogP contribution in [0.4, 0.5) is 0 Å². The molecule has 1 aliphatic rings. The molecule has 0 radical (unpaired) electrons. The Morgan fingerprint density at radius 2 is 1.43 bits per heavy atom. The van der Waals surface area contributed by atoms with Gasteiger partial charge in [-0.2, -0.15) is 10.2 Å². The first kappa shape index (κ1) is 32.6. The molecular weight excluding hydrogens is 514 g/mol. The molecule has 0 aromatic carbocycles. The number of aromatic nitrogens is 7. The number of allylic oxidation sites excluding steroid dienone is 1. The van der Waals surface area contributed by atoms with Crippen molar-refractivity contribution in [3.05, 3.63) is 146 Å². The molecule has 13 heteroatoms. The fraction of sp³-hybridized carbons (Fsp3) is 0.185. The summed E-state index contributed by atoms with van der Waals surface area (Å²) < 4.78 is 6.09. The normalized spacial score (nSPS) is 10.8. The van der Waals surface area contributed by atoms with Gasteiger partial charge < -0.3 is 14.0 Å². The Balaban J connectivity index is 0.000000250. The topological polar surface area (TPSA) is 142 Å². The molecule has 4 aromatic rings. The van der Waals surface area contributed by atoms with Crippen molar-refractivity contribution >= 4 is 6.34 Å². The van der Waals surface area contributed by atoms with Crippen LogP contribution in [0.5, 0.6) is 0 Å². The van der Waals surface area contributed by atoms with Crippen molar-refractivity contribution in [3.63, 3.8) is 0 Å². The summed E-state index contributed by atoms with van der Waals surface area (Å²) in [7, 11) is 8.84. The van der Waals surface area contributed by atoms with E-state index in [2.05, 4.69) is 26.8 Å². The highest BCUT2D eigenvalue weighted by molar-refractivity contribution is 5.60. The zero-order valence-electron chi connectivity index (χ0n) is 23.1. The molecule has 1 aliphatic heterocycles. The maximum atomic E-state index is 10.5. The minimum Gasteiger partial charge on any atom is -0.357 e. The third-order valence-corrected chi connectivity index (χ3v) is 4.45. The number of rotatable bonds is 0. The highest BCUT2D eigenvalue weighted by Crippen LogP contribution is 1.99. The van der Waals surface area contributed by atoms with Gasteiger partial charge in [0.1, 0.15) is 0 Å². The fourth-order valence-electron chi connectivity index (χ4n) is 2.20. The lowest BCUT2D eigenvalue weighted by molar-refractivity contribution is 0.701. The van der Waals surface area contributed by atoms with E-state index in [9.17, 15) is 19.2 Å². The summed E-state index contributed by atoms with van der Waals surface area (Å²) in [5, 5.41) is 7.37. The van der Waals surface area contributed by atoms with Crippen LogP contribution in [0, 0.1) is 0 Å². The lowest BCUT2D eigenvalue weighted by Crippen LogP contribution is -2.16. The lowest BCUT2D eigenvalue weighted by atomic mass is 10.4. The zero-order chi connectivity index (χ0) is 29.9. The third kappa shape index (κ3) is 14.9. The van der Waals surface area contributed by atoms with Crippen molar-refractivity contribution in [1.82, 2.24) is 38.6 Å². The van der Waals surface area contributed by atoms with Crippen molar-refractivity contribution in [2.75, 3.05) is 7.05 Å². The van der Waals surface area contributed by atoms with E-state index in [1.807, 2.05) is 35.8 Å². The minimum atomic E-state index is -0.0764. The number of nitrogens with zero attached hydrogens (tertiary/aromatic N) is 9. The van der Waals surface area contributed by atoms with Crippen LogP contribution >= 0.6 is 0 Å². The molecule has 40 heavy (non-hydrogen) atoms. The second-order valence-electron chi connectivity index (χ2n) is 7.97. The molecule has 0 amide bonds. The van der Waals surface area contributed by atoms with Crippen molar-refractivity contribution in [2.45, 2.75) is 0 Å².